The van der Waals surface area contributed by atoms with Crippen LogP contribution in [0.25, 0.3) is 0 Å². The van der Waals surface area contributed by atoms with Gasteiger partial charge in [0.05, 0.1) is 6.10 Å². The molecular weight excluding hydrogens is 334 g/mol. The Morgan fingerprint density at radius 3 is 2.56 bits per heavy atom. The smallest absolute Gasteiger partial charge is 0.125 e. The van der Waals surface area contributed by atoms with Crippen LogP contribution in [0, 0.1) is 0 Å². The molecule has 25 heavy (non-hydrogen) atoms. The van der Waals surface area contributed by atoms with E-state index in [-0.39, 0.29) is 0 Å². The van der Waals surface area contributed by atoms with E-state index in [1.54, 1.807) is 0 Å². The first-order valence-electron chi connectivity index (χ1n) is 8.97. The first-order chi connectivity index (χ1) is 12.1. The molecule has 0 aliphatic carbocycles. The lowest BCUT2D eigenvalue weighted by molar-refractivity contribution is 0.163. The Labute approximate surface area is 156 Å². The molecule has 2 unspecified atom stereocenters. The van der Waals surface area contributed by atoms with Crippen molar-refractivity contribution < 1.29 is 9.84 Å². The Kier molecular flexibility index (Phi) is 8.26. The third kappa shape index (κ3) is 6.69. The predicted molar refractivity (Wildman–Crippen MR) is 104 cm³/mol. The van der Waals surface area contributed by atoms with Crippen LogP contribution in [-0.2, 0) is 6.61 Å². The van der Waals surface area contributed by atoms with Crippen molar-refractivity contribution in [2.75, 3.05) is 6.54 Å². The molecule has 0 amide bonds. The molecule has 3 nitrogen and oxygen atoms in total. The molecule has 0 aromatic heterocycles. The minimum atomic E-state index is -0.592. The molecule has 0 bridgehead atoms. The fraction of sp³-hybridized carbons (Fsp3) is 0.429. The van der Waals surface area contributed by atoms with E-state index in [4.69, 9.17) is 16.3 Å². The molecule has 2 rings (SSSR count). The zero-order valence-corrected chi connectivity index (χ0v) is 15.8. The summed E-state index contributed by atoms with van der Waals surface area (Å²) in [6.45, 7) is 5.31. The molecule has 0 saturated carbocycles. The van der Waals surface area contributed by atoms with Gasteiger partial charge in [-0.2, -0.15) is 0 Å². The summed E-state index contributed by atoms with van der Waals surface area (Å²) in [5, 5.41) is 14.7. The molecule has 2 aromatic carbocycles. The summed E-state index contributed by atoms with van der Waals surface area (Å²) in [5.41, 5.74) is 1.85. The quantitative estimate of drug-likeness (QED) is 0.617. The fourth-order valence-electron chi connectivity index (χ4n) is 2.66. The molecule has 0 aliphatic heterocycles. The second kappa shape index (κ2) is 10.4. The fourth-order valence-corrected chi connectivity index (χ4v) is 2.79. The number of unbranched alkanes of at least 4 members (excludes halogenated alkanes) is 1. The summed E-state index contributed by atoms with van der Waals surface area (Å²) >= 11 is 5.91. The maximum absolute atomic E-state index is 10.5. The molecule has 0 aliphatic rings. The maximum atomic E-state index is 10.5. The van der Waals surface area contributed by atoms with Crippen molar-refractivity contribution in [1.82, 2.24) is 5.32 Å². The number of ether oxygens (including phenoxy) is 1. The van der Waals surface area contributed by atoms with Crippen LogP contribution in [0.2, 0.25) is 5.02 Å². The van der Waals surface area contributed by atoms with Gasteiger partial charge in [-0.1, -0.05) is 61.7 Å². The molecule has 2 atom stereocenters. The van der Waals surface area contributed by atoms with Crippen molar-refractivity contribution in [3.8, 4) is 5.75 Å². The number of hydrogen-bond acceptors (Lipinski definition) is 3. The highest BCUT2D eigenvalue weighted by atomic mass is 35.5. The Hall–Kier alpha value is -1.55. The molecule has 2 aromatic rings. The standard InChI is InChI=1S/C21H28ClNO2/c1-3-4-7-16(2)23-14-20(24)19-8-5-6-9-21(19)25-15-17-10-12-18(22)13-11-17/h5-6,8-13,16,20,23-24H,3-4,7,14-15H2,1-2H3. The average Bonchev–Trinajstić information content (AvgIpc) is 2.64. The molecule has 0 heterocycles. The Bertz CT molecular complexity index is 630. The van der Waals surface area contributed by atoms with Crippen molar-refractivity contribution in [2.45, 2.75) is 51.9 Å². The first-order valence-corrected chi connectivity index (χ1v) is 9.35. The topological polar surface area (TPSA) is 41.5 Å². The number of aliphatic hydroxyl groups is 1. The number of para-hydroxylation sites is 1. The van der Waals surface area contributed by atoms with Gasteiger partial charge in [-0.05, 0) is 37.1 Å². The number of halogens is 1. The van der Waals surface area contributed by atoms with Crippen molar-refractivity contribution in [1.29, 1.82) is 0 Å². The monoisotopic (exact) mass is 361 g/mol. The minimum absolute atomic E-state index is 0.400. The van der Waals surface area contributed by atoms with E-state index < -0.39 is 6.10 Å². The van der Waals surface area contributed by atoms with Crippen LogP contribution in [0.3, 0.4) is 0 Å². The molecule has 0 fully saturated rings. The van der Waals surface area contributed by atoms with Gasteiger partial charge in [-0.3, -0.25) is 0 Å². The summed E-state index contributed by atoms with van der Waals surface area (Å²) in [6.07, 6.45) is 2.92. The molecule has 4 heteroatoms. The lowest BCUT2D eigenvalue weighted by atomic mass is 10.1. The summed E-state index contributed by atoms with van der Waals surface area (Å²) in [6, 6.07) is 15.6. The predicted octanol–water partition coefficient (Wildman–Crippen LogP) is 5.12. The van der Waals surface area contributed by atoms with Crippen LogP contribution in [0.1, 0.15) is 50.3 Å². The Morgan fingerprint density at radius 1 is 1.12 bits per heavy atom. The van der Waals surface area contributed by atoms with E-state index in [0.717, 1.165) is 17.5 Å². The zero-order valence-electron chi connectivity index (χ0n) is 15.0. The Morgan fingerprint density at radius 2 is 1.84 bits per heavy atom. The van der Waals surface area contributed by atoms with Gasteiger partial charge < -0.3 is 15.2 Å². The van der Waals surface area contributed by atoms with E-state index in [1.807, 2.05) is 48.5 Å². The number of nitrogens with one attached hydrogen (secondary N) is 1. The first kappa shape index (κ1) is 19.8. The van der Waals surface area contributed by atoms with E-state index >= 15 is 0 Å². The van der Waals surface area contributed by atoms with Gasteiger partial charge in [0.1, 0.15) is 12.4 Å². The molecule has 0 saturated heterocycles. The summed E-state index contributed by atoms with van der Waals surface area (Å²) in [7, 11) is 0. The highest BCUT2D eigenvalue weighted by molar-refractivity contribution is 6.30. The largest absolute Gasteiger partial charge is 0.489 e. The third-order valence-electron chi connectivity index (χ3n) is 4.24. The molecular formula is C21H28ClNO2. The number of rotatable bonds is 10. The Balaban J connectivity index is 1.93. The molecule has 0 spiro atoms. The molecule has 136 valence electrons. The highest BCUT2D eigenvalue weighted by Gasteiger charge is 2.14. The maximum Gasteiger partial charge on any atom is 0.125 e. The van der Waals surface area contributed by atoms with Crippen molar-refractivity contribution in [2.24, 2.45) is 0 Å². The second-order valence-corrected chi connectivity index (χ2v) is 6.86. The number of benzene rings is 2. The average molecular weight is 362 g/mol. The van der Waals surface area contributed by atoms with Crippen LogP contribution >= 0.6 is 11.6 Å². The lowest BCUT2D eigenvalue weighted by Crippen LogP contribution is -2.30. The normalized spacial score (nSPS) is 13.4. The zero-order chi connectivity index (χ0) is 18.1. The molecule has 2 N–H and O–H groups in total. The van der Waals surface area contributed by atoms with Gasteiger partial charge in [0, 0.05) is 23.2 Å². The summed E-state index contributed by atoms with van der Waals surface area (Å²) < 4.78 is 5.93. The SMILES string of the molecule is CCCCC(C)NCC(O)c1ccccc1OCc1ccc(Cl)cc1. The van der Waals surface area contributed by atoms with Gasteiger partial charge in [-0.25, -0.2) is 0 Å². The van der Waals surface area contributed by atoms with E-state index in [9.17, 15) is 5.11 Å². The van der Waals surface area contributed by atoms with E-state index in [0.29, 0.717) is 30.0 Å². The highest BCUT2D eigenvalue weighted by Crippen LogP contribution is 2.26. The van der Waals surface area contributed by atoms with Gasteiger partial charge in [0.25, 0.3) is 0 Å². The van der Waals surface area contributed by atoms with Crippen LogP contribution in [-0.4, -0.2) is 17.7 Å². The van der Waals surface area contributed by atoms with Crippen molar-refractivity contribution in [3.05, 3.63) is 64.7 Å². The second-order valence-electron chi connectivity index (χ2n) is 6.42. The van der Waals surface area contributed by atoms with Crippen LogP contribution in [0.4, 0.5) is 0 Å². The van der Waals surface area contributed by atoms with Crippen LogP contribution in [0.5, 0.6) is 5.75 Å². The molecule has 0 radical (unpaired) electrons. The van der Waals surface area contributed by atoms with Crippen LogP contribution in [0.15, 0.2) is 48.5 Å². The lowest BCUT2D eigenvalue weighted by Gasteiger charge is -2.19. The van der Waals surface area contributed by atoms with Gasteiger partial charge in [-0.15, -0.1) is 0 Å². The number of hydrogen-bond donors (Lipinski definition) is 2. The van der Waals surface area contributed by atoms with Gasteiger partial charge >= 0.3 is 0 Å². The van der Waals surface area contributed by atoms with E-state index in [2.05, 4.69) is 19.2 Å². The van der Waals surface area contributed by atoms with Gasteiger partial charge in [0.15, 0.2) is 0 Å². The summed E-state index contributed by atoms with van der Waals surface area (Å²) in [5.74, 6) is 0.716. The third-order valence-corrected chi connectivity index (χ3v) is 4.49. The summed E-state index contributed by atoms with van der Waals surface area (Å²) in [4.78, 5) is 0. The van der Waals surface area contributed by atoms with E-state index in [1.165, 1.54) is 12.8 Å². The van der Waals surface area contributed by atoms with Gasteiger partial charge in [0.2, 0.25) is 0 Å². The van der Waals surface area contributed by atoms with Crippen LogP contribution < -0.4 is 10.1 Å². The van der Waals surface area contributed by atoms with Crippen molar-refractivity contribution >= 4 is 11.6 Å². The minimum Gasteiger partial charge on any atom is -0.489 e. The van der Waals surface area contributed by atoms with Crippen molar-refractivity contribution in [3.63, 3.8) is 0 Å². The number of aliphatic hydroxyl groups excluding tert-OH is 1.